The zero-order chi connectivity index (χ0) is 14.9. The Morgan fingerprint density at radius 1 is 1.45 bits per heavy atom. The van der Waals surface area contributed by atoms with Crippen LogP contribution in [0.25, 0.3) is 0 Å². The van der Waals surface area contributed by atoms with E-state index in [-0.39, 0.29) is 17.6 Å². The van der Waals surface area contributed by atoms with Gasteiger partial charge in [0.15, 0.2) is 0 Å². The van der Waals surface area contributed by atoms with Crippen molar-refractivity contribution in [3.05, 3.63) is 28.8 Å². The molecule has 0 radical (unpaired) electrons. The molecule has 1 saturated carbocycles. The Bertz CT molecular complexity index is 543. The van der Waals surface area contributed by atoms with Gasteiger partial charge < -0.3 is 15.3 Å². The first kappa shape index (κ1) is 14.7. The topological polar surface area (TPSA) is 69.6 Å². The Balaban J connectivity index is 2.10. The molecule has 0 aromatic heterocycles. The largest absolute Gasteiger partial charge is 0.478 e. The third-order valence-corrected chi connectivity index (χ3v) is 4.02. The number of halogens is 1. The predicted molar refractivity (Wildman–Crippen MR) is 77.4 cm³/mol. The van der Waals surface area contributed by atoms with Gasteiger partial charge in [-0.25, -0.2) is 9.59 Å². The number of carbonyl (C=O) groups excluding carboxylic acids is 1. The molecule has 2 rings (SSSR count). The molecule has 0 spiro atoms. The minimum atomic E-state index is -1.06. The summed E-state index contributed by atoms with van der Waals surface area (Å²) in [6.07, 6.45) is 2.29. The lowest BCUT2D eigenvalue weighted by Crippen LogP contribution is -2.39. The molecule has 1 aromatic rings. The van der Waals surface area contributed by atoms with E-state index in [1.54, 1.807) is 11.9 Å². The Morgan fingerprint density at radius 3 is 2.65 bits per heavy atom. The van der Waals surface area contributed by atoms with E-state index in [1.165, 1.54) is 18.2 Å². The summed E-state index contributed by atoms with van der Waals surface area (Å²) in [5, 5.41) is 11.9. The molecule has 1 atom stereocenters. The number of hydrogen-bond acceptors (Lipinski definition) is 2. The molecular weight excluding hydrogens is 280 g/mol. The van der Waals surface area contributed by atoms with Crippen molar-refractivity contribution in [1.29, 1.82) is 0 Å². The van der Waals surface area contributed by atoms with Crippen molar-refractivity contribution in [3.8, 4) is 0 Å². The molecule has 0 heterocycles. The summed E-state index contributed by atoms with van der Waals surface area (Å²) in [6, 6.07) is 4.10. The number of carboxylic acids is 1. The minimum Gasteiger partial charge on any atom is -0.478 e. The van der Waals surface area contributed by atoms with Crippen molar-refractivity contribution in [2.24, 2.45) is 5.92 Å². The number of nitrogens with one attached hydrogen (secondary N) is 1. The van der Waals surface area contributed by atoms with E-state index >= 15 is 0 Å². The monoisotopic (exact) mass is 296 g/mol. The Kier molecular flexibility index (Phi) is 4.18. The van der Waals surface area contributed by atoms with Gasteiger partial charge >= 0.3 is 12.0 Å². The molecule has 1 fully saturated rings. The van der Waals surface area contributed by atoms with Gasteiger partial charge in [-0.2, -0.15) is 0 Å². The molecule has 20 heavy (non-hydrogen) atoms. The third kappa shape index (κ3) is 3.22. The molecule has 6 heteroatoms. The molecule has 2 N–H and O–H groups in total. The van der Waals surface area contributed by atoms with Gasteiger partial charge in [0.1, 0.15) is 0 Å². The fourth-order valence-electron chi connectivity index (χ4n) is 2.04. The number of nitrogens with zero attached hydrogens (tertiary/aromatic N) is 1. The van der Waals surface area contributed by atoms with E-state index in [0.29, 0.717) is 16.6 Å². The quantitative estimate of drug-likeness (QED) is 0.895. The van der Waals surface area contributed by atoms with Crippen LogP contribution in [0.3, 0.4) is 0 Å². The maximum Gasteiger partial charge on any atom is 0.335 e. The van der Waals surface area contributed by atoms with Crippen LogP contribution in [0, 0.1) is 5.92 Å². The van der Waals surface area contributed by atoms with Gasteiger partial charge in [0, 0.05) is 13.1 Å². The average molecular weight is 297 g/mol. The first-order chi connectivity index (χ1) is 9.40. The predicted octanol–water partition coefficient (Wildman–Crippen LogP) is 3.30. The zero-order valence-electron chi connectivity index (χ0n) is 11.4. The summed E-state index contributed by atoms with van der Waals surface area (Å²) >= 11 is 5.98. The van der Waals surface area contributed by atoms with Crippen LogP contribution in [-0.4, -0.2) is 35.1 Å². The smallest absolute Gasteiger partial charge is 0.335 e. The van der Waals surface area contributed by atoms with E-state index in [4.69, 9.17) is 16.7 Å². The highest BCUT2D eigenvalue weighted by Gasteiger charge is 2.32. The number of rotatable bonds is 4. The Morgan fingerprint density at radius 2 is 2.10 bits per heavy atom. The summed E-state index contributed by atoms with van der Waals surface area (Å²) in [6.45, 7) is 2.01. The molecular formula is C14H17ClN2O3. The SMILES string of the molecule is CC(C1CC1)N(C)C(=O)Nc1cc(C(=O)O)ccc1Cl. The van der Waals surface area contributed by atoms with Crippen LogP contribution in [0.5, 0.6) is 0 Å². The lowest BCUT2D eigenvalue weighted by molar-refractivity contribution is 0.0697. The molecule has 108 valence electrons. The van der Waals surface area contributed by atoms with Crippen LogP contribution >= 0.6 is 11.6 Å². The molecule has 2 amide bonds. The standard InChI is InChI=1S/C14H17ClN2O3/c1-8(9-3-4-9)17(2)14(20)16-12-7-10(13(18)19)5-6-11(12)15/h5-9H,3-4H2,1-2H3,(H,16,20)(H,18,19). The fraction of sp³-hybridized carbons (Fsp3) is 0.429. The highest BCUT2D eigenvalue weighted by molar-refractivity contribution is 6.33. The first-order valence-corrected chi connectivity index (χ1v) is 6.84. The van der Waals surface area contributed by atoms with E-state index in [1.807, 2.05) is 6.92 Å². The van der Waals surface area contributed by atoms with Crippen LogP contribution in [0.15, 0.2) is 18.2 Å². The number of carboxylic acid groups (broad SMARTS) is 1. The van der Waals surface area contributed by atoms with E-state index in [0.717, 1.165) is 12.8 Å². The lowest BCUT2D eigenvalue weighted by atomic mass is 10.2. The van der Waals surface area contributed by atoms with E-state index < -0.39 is 5.97 Å². The van der Waals surface area contributed by atoms with Gasteiger partial charge in [0.25, 0.3) is 0 Å². The molecule has 0 saturated heterocycles. The van der Waals surface area contributed by atoms with Gasteiger partial charge in [-0.15, -0.1) is 0 Å². The number of anilines is 1. The Hall–Kier alpha value is -1.75. The number of aromatic carboxylic acids is 1. The summed E-state index contributed by atoms with van der Waals surface area (Å²) in [5.74, 6) is -0.497. The van der Waals surface area contributed by atoms with Crippen LogP contribution in [0.2, 0.25) is 5.02 Å². The minimum absolute atomic E-state index is 0.0857. The van der Waals surface area contributed by atoms with Crippen molar-refractivity contribution in [3.63, 3.8) is 0 Å². The molecule has 0 aliphatic heterocycles. The van der Waals surface area contributed by atoms with E-state index in [2.05, 4.69) is 5.32 Å². The number of carbonyl (C=O) groups is 2. The third-order valence-electron chi connectivity index (χ3n) is 3.69. The molecule has 0 bridgehead atoms. The van der Waals surface area contributed by atoms with Gasteiger partial charge in [0.05, 0.1) is 16.3 Å². The Labute approximate surface area is 122 Å². The number of amides is 2. The van der Waals surface area contributed by atoms with Crippen LogP contribution < -0.4 is 5.32 Å². The highest BCUT2D eigenvalue weighted by atomic mass is 35.5. The molecule has 5 nitrogen and oxygen atoms in total. The average Bonchev–Trinajstić information content (AvgIpc) is 3.23. The van der Waals surface area contributed by atoms with Gasteiger partial charge in [0.2, 0.25) is 0 Å². The number of benzene rings is 1. The van der Waals surface area contributed by atoms with Crippen molar-refractivity contribution in [2.45, 2.75) is 25.8 Å². The number of urea groups is 1. The van der Waals surface area contributed by atoms with Crippen molar-refractivity contribution >= 4 is 29.3 Å². The van der Waals surface area contributed by atoms with Gasteiger partial charge in [-0.3, -0.25) is 0 Å². The normalized spacial score (nSPS) is 15.6. The lowest BCUT2D eigenvalue weighted by Gasteiger charge is -2.25. The summed E-state index contributed by atoms with van der Waals surface area (Å²) in [4.78, 5) is 24.7. The maximum absolute atomic E-state index is 12.1. The van der Waals surface area contributed by atoms with Crippen molar-refractivity contribution in [1.82, 2.24) is 4.90 Å². The fourth-order valence-corrected chi connectivity index (χ4v) is 2.20. The van der Waals surface area contributed by atoms with E-state index in [9.17, 15) is 9.59 Å². The van der Waals surface area contributed by atoms with Crippen molar-refractivity contribution < 1.29 is 14.7 Å². The second kappa shape index (κ2) is 5.71. The first-order valence-electron chi connectivity index (χ1n) is 6.47. The summed E-state index contributed by atoms with van der Waals surface area (Å²) < 4.78 is 0. The second-order valence-electron chi connectivity index (χ2n) is 5.12. The van der Waals surface area contributed by atoms with Crippen LogP contribution in [-0.2, 0) is 0 Å². The summed E-state index contributed by atoms with van der Waals surface area (Å²) in [7, 11) is 1.73. The molecule has 1 aliphatic carbocycles. The van der Waals surface area contributed by atoms with Gasteiger partial charge in [-0.1, -0.05) is 11.6 Å². The second-order valence-corrected chi connectivity index (χ2v) is 5.53. The van der Waals surface area contributed by atoms with Gasteiger partial charge in [-0.05, 0) is 43.9 Å². The van der Waals surface area contributed by atoms with Crippen molar-refractivity contribution in [2.75, 3.05) is 12.4 Å². The maximum atomic E-state index is 12.1. The molecule has 1 unspecified atom stereocenters. The zero-order valence-corrected chi connectivity index (χ0v) is 12.1. The highest BCUT2D eigenvalue weighted by Crippen LogP contribution is 2.35. The summed E-state index contributed by atoms with van der Waals surface area (Å²) in [5.41, 5.74) is 0.397. The molecule has 1 aliphatic rings. The molecule has 1 aromatic carbocycles. The van der Waals surface area contributed by atoms with Crippen LogP contribution in [0.4, 0.5) is 10.5 Å². The van der Waals surface area contributed by atoms with Crippen LogP contribution in [0.1, 0.15) is 30.1 Å². The number of hydrogen-bond donors (Lipinski definition) is 2.